The van der Waals surface area contributed by atoms with Gasteiger partial charge in [0.15, 0.2) is 12.4 Å². The molecule has 0 bridgehead atoms. The zero-order chi connectivity index (χ0) is 23.9. The zero-order valence-corrected chi connectivity index (χ0v) is 19.9. The van der Waals surface area contributed by atoms with Gasteiger partial charge in [-0.2, -0.15) is 0 Å². The minimum atomic E-state index is -0.277. The first-order valence-corrected chi connectivity index (χ1v) is 11.4. The summed E-state index contributed by atoms with van der Waals surface area (Å²) in [6, 6.07) is 14.9. The molecular weight excluding hydrogens is 434 g/mol. The molecule has 1 aromatic heterocycles. The number of nitrogens with one attached hydrogen (secondary N) is 1. The molecule has 1 aliphatic heterocycles. The van der Waals surface area contributed by atoms with Crippen LogP contribution in [-0.2, 0) is 24.3 Å². The molecule has 4 rings (SSSR count). The Labute approximate surface area is 199 Å². The van der Waals surface area contributed by atoms with Crippen molar-refractivity contribution >= 4 is 5.91 Å². The number of nitrogens with zero attached hydrogens (tertiary/aromatic N) is 4. The van der Waals surface area contributed by atoms with E-state index in [0.717, 1.165) is 61.3 Å². The van der Waals surface area contributed by atoms with Crippen molar-refractivity contribution < 1.29 is 19.0 Å². The third kappa shape index (κ3) is 5.66. The normalized spacial score (nSPS) is 14.6. The molecule has 2 aromatic carbocycles. The maximum atomic E-state index is 12.4. The fourth-order valence-electron chi connectivity index (χ4n) is 4.10. The Morgan fingerprint density at radius 2 is 1.85 bits per heavy atom. The molecule has 1 aliphatic rings. The van der Waals surface area contributed by atoms with Crippen molar-refractivity contribution in [1.82, 2.24) is 25.0 Å². The molecule has 34 heavy (non-hydrogen) atoms. The average Bonchev–Trinajstić information content (AvgIpc) is 3.17. The Balaban J connectivity index is 1.35. The number of aromatic nitrogens is 3. The third-order valence-electron chi connectivity index (χ3n) is 5.91. The molecule has 0 saturated carbocycles. The van der Waals surface area contributed by atoms with E-state index in [0.29, 0.717) is 5.75 Å². The van der Waals surface area contributed by atoms with Crippen molar-refractivity contribution in [2.24, 2.45) is 0 Å². The molecule has 0 fully saturated rings. The summed E-state index contributed by atoms with van der Waals surface area (Å²) < 4.78 is 18.5. The molecule has 0 saturated heterocycles. The molecule has 0 spiro atoms. The van der Waals surface area contributed by atoms with Gasteiger partial charge in [0, 0.05) is 44.2 Å². The Kier molecular flexibility index (Phi) is 7.64. The summed E-state index contributed by atoms with van der Waals surface area (Å²) in [4.78, 5) is 14.8. The van der Waals surface area contributed by atoms with Crippen molar-refractivity contribution in [1.29, 1.82) is 0 Å². The van der Waals surface area contributed by atoms with Crippen molar-refractivity contribution in [2.75, 3.05) is 33.9 Å². The predicted molar refractivity (Wildman–Crippen MR) is 127 cm³/mol. The van der Waals surface area contributed by atoms with Gasteiger partial charge in [-0.15, -0.1) is 10.2 Å². The molecular formula is C25H31N5O4. The van der Waals surface area contributed by atoms with Gasteiger partial charge in [0.2, 0.25) is 0 Å². The maximum Gasteiger partial charge on any atom is 0.258 e. The summed E-state index contributed by atoms with van der Waals surface area (Å²) in [5, 5.41) is 11.7. The van der Waals surface area contributed by atoms with Crippen LogP contribution in [-0.4, -0.2) is 59.5 Å². The van der Waals surface area contributed by atoms with E-state index in [-0.39, 0.29) is 18.6 Å². The summed E-state index contributed by atoms with van der Waals surface area (Å²) in [5.74, 6) is 3.74. The highest BCUT2D eigenvalue weighted by Crippen LogP contribution is 2.26. The van der Waals surface area contributed by atoms with Crippen LogP contribution in [0.2, 0.25) is 0 Å². The highest BCUT2D eigenvalue weighted by molar-refractivity contribution is 5.77. The molecule has 9 nitrogen and oxygen atoms in total. The summed E-state index contributed by atoms with van der Waals surface area (Å²) in [6.45, 7) is 5.08. The number of methoxy groups -OCH3 is 2. The second-order valence-corrected chi connectivity index (χ2v) is 8.22. The monoisotopic (exact) mass is 465 g/mol. The summed E-state index contributed by atoms with van der Waals surface area (Å²) in [5.41, 5.74) is 1.11. The largest absolute Gasteiger partial charge is 0.497 e. The third-order valence-corrected chi connectivity index (χ3v) is 5.91. The van der Waals surface area contributed by atoms with Crippen molar-refractivity contribution in [3.63, 3.8) is 0 Å². The van der Waals surface area contributed by atoms with Gasteiger partial charge in [-0.1, -0.05) is 24.3 Å². The van der Waals surface area contributed by atoms with E-state index < -0.39 is 0 Å². The van der Waals surface area contributed by atoms with E-state index in [1.165, 1.54) is 0 Å². The van der Waals surface area contributed by atoms with Gasteiger partial charge >= 0.3 is 0 Å². The minimum absolute atomic E-state index is 0.0488. The molecule has 1 unspecified atom stereocenters. The predicted octanol–water partition coefficient (Wildman–Crippen LogP) is 2.61. The molecule has 1 atom stereocenters. The zero-order valence-electron chi connectivity index (χ0n) is 19.9. The molecule has 0 aliphatic carbocycles. The first-order chi connectivity index (χ1) is 16.6. The highest BCUT2D eigenvalue weighted by atomic mass is 16.5. The number of carbonyl (C=O) groups is 1. The summed E-state index contributed by atoms with van der Waals surface area (Å²) in [6.07, 6.45) is 0.781. The standard InChI is InChI=1S/C25H31N5O4/c1-18(26-24(31)17-34-20-7-5-4-6-8-20)25-28-27-23-11-12-29(13-14-30(23)25)16-19-9-10-21(32-2)15-22(19)33-3/h4-10,15,18H,11-14,16-17H2,1-3H3,(H,26,31). The van der Waals surface area contributed by atoms with E-state index in [1.807, 2.05) is 55.5 Å². The van der Waals surface area contributed by atoms with Gasteiger partial charge in [-0.25, -0.2) is 0 Å². The molecule has 1 amide bonds. The van der Waals surface area contributed by atoms with E-state index in [9.17, 15) is 4.79 Å². The minimum Gasteiger partial charge on any atom is -0.497 e. The number of benzene rings is 2. The van der Waals surface area contributed by atoms with Crippen LogP contribution < -0.4 is 19.5 Å². The van der Waals surface area contributed by atoms with Crippen LogP contribution in [0.4, 0.5) is 0 Å². The maximum absolute atomic E-state index is 12.4. The quantitative estimate of drug-likeness (QED) is 0.519. The van der Waals surface area contributed by atoms with Crippen LogP contribution in [0.5, 0.6) is 17.2 Å². The molecule has 1 N–H and O–H groups in total. The number of fused-ring (bicyclic) bond motifs is 1. The van der Waals surface area contributed by atoms with Crippen LogP contribution in [0.1, 0.15) is 30.2 Å². The average molecular weight is 466 g/mol. The number of carbonyl (C=O) groups excluding carboxylic acids is 1. The van der Waals surface area contributed by atoms with E-state index in [4.69, 9.17) is 14.2 Å². The Bertz CT molecular complexity index is 1100. The van der Waals surface area contributed by atoms with Crippen LogP contribution >= 0.6 is 0 Å². The van der Waals surface area contributed by atoms with Gasteiger partial charge in [-0.05, 0) is 25.1 Å². The lowest BCUT2D eigenvalue weighted by molar-refractivity contribution is -0.123. The SMILES string of the molecule is COc1ccc(CN2CCc3nnc(C(C)NC(=O)COc4ccccc4)n3CC2)c(OC)c1. The number of rotatable bonds is 9. The van der Waals surface area contributed by atoms with Crippen LogP contribution in [0, 0.1) is 0 Å². The second kappa shape index (κ2) is 11.0. The fraction of sp³-hybridized carbons (Fsp3) is 0.400. The molecule has 2 heterocycles. The Hall–Kier alpha value is -3.59. The second-order valence-electron chi connectivity index (χ2n) is 8.22. The lowest BCUT2D eigenvalue weighted by atomic mass is 10.1. The molecule has 180 valence electrons. The van der Waals surface area contributed by atoms with Gasteiger partial charge in [0.1, 0.15) is 23.1 Å². The number of para-hydroxylation sites is 1. The van der Waals surface area contributed by atoms with Crippen molar-refractivity contribution in [2.45, 2.75) is 32.5 Å². The Morgan fingerprint density at radius 3 is 2.62 bits per heavy atom. The van der Waals surface area contributed by atoms with Crippen LogP contribution in [0.15, 0.2) is 48.5 Å². The first kappa shape index (κ1) is 23.6. The number of amides is 1. The van der Waals surface area contributed by atoms with Gasteiger partial charge in [0.25, 0.3) is 5.91 Å². The van der Waals surface area contributed by atoms with E-state index >= 15 is 0 Å². The molecule has 9 heteroatoms. The van der Waals surface area contributed by atoms with Crippen LogP contribution in [0.3, 0.4) is 0 Å². The first-order valence-electron chi connectivity index (χ1n) is 11.4. The summed E-state index contributed by atoms with van der Waals surface area (Å²) >= 11 is 0. The number of hydrogen-bond acceptors (Lipinski definition) is 7. The summed E-state index contributed by atoms with van der Waals surface area (Å²) in [7, 11) is 3.32. The topological polar surface area (TPSA) is 90.7 Å². The van der Waals surface area contributed by atoms with Crippen molar-refractivity contribution in [3.8, 4) is 17.2 Å². The van der Waals surface area contributed by atoms with Gasteiger partial charge in [0.05, 0.1) is 20.3 Å². The van der Waals surface area contributed by atoms with Gasteiger partial charge in [-0.3, -0.25) is 9.69 Å². The lowest BCUT2D eigenvalue weighted by Crippen LogP contribution is -2.33. The molecule has 3 aromatic rings. The highest BCUT2D eigenvalue weighted by Gasteiger charge is 2.23. The Morgan fingerprint density at radius 1 is 1.03 bits per heavy atom. The van der Waals surface area contributed by atoms with Crippen molar-refractivity contribution in [3.05, 3.63) is 65.7 Å². The smallest absolute Gasteiger partial charge is 0.258 e. The van der Waals surface area contributed by atoms with E-state index in [2.05, 4.69) is 25.0 Å². The van der Waals surface area contributed by atoms with E-state index in [1.54, 1.807) is 14.2 Å². The lowest BCUT2D eigenvalue weighted by Gasteiger charge is -2.21. The molecule has 0 radical (unpaired) electrons. The van der Waals surface area contributed by atoms with Gasteiger partial charge < -0.3 is 24.1 Å². The number of hydrogen-bond donors (Lipinski definition) is 1. The van der Waals surface area contributed by atoms with Crippen LogP contribution in [0.25, 0.3) is 0 Å². The fourth-order valence-corrected chi connectivity index (χ4v) is 4.10. The number of ether oxygens (including phenoxy) is 3.